The third-order valence-electron chi connectivity index (χ3n) is 4.28. The number of carboxylic acid groups (broad SMARTS) is 1. The molecule has 1 aliphatic heterocycles. The van der Waals surface area contributed by atoms with E-state index in [1.165, 1.54) is 12.1 Å². The van der Waals surface area contributed by atoms with Crippen LogP contribution < -0.4 is 10.0 Å². The summed E-state index contributed by atoms with van der Waals surface area (Å²) in [5, 5.41) is 17.7. The van der Waals surface area contributed by atoms with E-state index in [0.29, 0.717) is 12.2 Å². The van der Waals surface area contributed by atoms with Crippen molar-refractivity contribution < 1.29 is 18.3 Å². The summed E-state index contributed by atoms with van der Waals surface area (Å²) in [7, 11) is -3.95. The highest BCUT2D eigenvalue weighted by molar-refractivity contribution is 7.89. The maximum atomic E-state index is 11.6. The van der Waals surface area contributed by atoms with Crippen molar-refractivity contribution in [3.05, 3.63) is 39.8 Å². The number of aryl methyl sites for hydroxylation is 1. The van der Waals surface area contributed by atoms with E-state index in [9.17, 15) is 18.3 Å². The molecule has 134 valence electrons. The average molecular weight is 381 g/mol. The summed E-state index contributed by atoms with van der Waals surface area (Å²) >= 11 is 1.62. The monoisotopic (exact) mass is 381 g/mol. The van der Waals surface area contributed by atoms with Crippen molar-refractivity contribution in [1.82, 2.24) is 4.98 Å². The zero-order chi connectivity index (χ0) is 18.2. The third kappa shape index (κ3) is 3.83. The van der Waals surface area contributed by atoms with Gasteiger partial charge in [-0.15, -0.1) is 11.3 Å². The topological polar surface area (TPSA) is 114 Å². The molecule has 3 rings (SSSR count). The normalized spacial score (nSPS) is 18.3. The largest absolute Gasteiger partial charge is 0.478 e. The number of nitrogens with zero attached hydrogens (tertiary/aromatic N) is 2. The van der Waals surface area contributed by atoms with Gasteiger partial charge in [-0.1, -0.05) is 0 Å². The number of anilines is 1. The van der Waals surface area contributed by atoms with Crippen LogP contribution in [-0.4, -0.2) is 37.6 Å². The first kappa shape index (κ1) is 17.8. The fraction of sp³-hybridized carbons (Fsp3) is 0.375. The van der Waals surface area contributed by atoms with Gasteiger partial charge in [-0.25, -0.2) is 23.3 Å². The Hall–Kier alpha value is -1.97. The van der Waals surface area contributed by atoms with Crippen LogP contribution in [0.5, 0.6) is 0 Å². The number of sulfonamides is 1. The van der Waals surface area contributed by atoms with Crippen LogP contribution in [0.1, 0.15) is 39.8 Å². The Bertz CT molecular complexity index is 908. The van der Waals surface area contributed by atoms with Crippen LogP contribution in [0.25, 0.3) is 0 Å². The first-order valence-electron chi connectivity index (χ1n) is 7.83. The number of benzene rings is 1. The summed E-state index contributed by atoms with van der Waals surface area (Å²) in [6.45, 7) is 3.33. The van der Waals surface area contributed by atoms with Crippen LogP contribution in [-0.2, 0) is 10.0 Å². The van der Waals surface area contributed by atoms with E-state index in [1.54, 1.807) is 11.3 Å². The maximum absolute atomic E-state index is 11.6. The fourth-order valence-corrected chi connectivity index (χ4v) is 4.56. The summed E-state index contributed by atoms with van der Waals surface area (Å²) in [5.41, 5.74) is 1.45. The van der Waals surface area contributed by atoms with Gasteiger partial charge in [0.1, 0.15) is 0 Å². The van der Waals surface area contributed by atoms with Crippen molar-refractivity contribution in [1.29, 1.82) is 0 Å². The molecule has 1 atom stereocenters. The molecule has 25 heavy (non-hydrogen) atoms. The zero-order valence-electron chi connectivity index (χ0n) is 13.7. The second kappa shape index (κ2) is 6.74. The Kier molecular flexibility index (Phi) is 4.81. The molecule has 0 bridgehead atoms. The quantitative estimate of drug-likeness (QED) is 0.839. The highest BCUT2D eigenvalue weighted by atomic mass is 32.2. The third-order valence-corrected chi connectivity index (χ3v) is 6.31. The Labute approximate surface area is 150 Å². The smallest absolute Gasteiger partial charge is 0.337 e. The molecule has 0 spiro atoms. The number of carbonyl (C=O) groups is 1. The molecular weight excluding hydrogens is 362 g/mol. The molecule has 9 heteroatoms. The summed E-state index contributed by atoms with van der Waals surface area (Å²) in [6.07, 6.45) is 1.92. The van der Waals surface area contributed by atoms with Crippen LogP contribution in [0.4, 0.5) is 5.69 Å². The van der Waals surface area contributed by atoms with Gasteiger partial charge < -0.3 is 10.0 Å². The number of nitrogens with two attached hydrogens (primary N) is 1. The number of thiazole rings is 1. The van der Waals surface area contributed by atoms with Gasteiger partial charge in [-0.3, -0.25) is 0 Å². The van der Waals surface area contributed by atoms with Crippen LogP contribution in [0.3, 0.4) is 0 Å². The van der Waals surface area contributed by atoms with E-state index in [-0.39, 0.29) is 16.4 Å². The van der Waals surface area contributed by atoms with Crippen molar-refractivity contribution in [3.8, 4) is 0 Å². The molecule has 1 aromatic heterocycles. The number of hydrogen-bond donors (Lipinski definition) is 2. The molecule has 1 aromatic carbocycles. The molecule has 2 heterocycles. The number of hydrogen-bond acceptors (Lipinski definition) is 6. The first-order valence-corrected chi connectivity index (χ1v) is 10.3. The van der Waals surface area contributed by atoms with Crippen molar-refractivity contribution in [2.75, 3.05) is 18.0 Å². The molecule has 1 aliphatic rings. The molecular formula is C16H19N3O4S2. The lowest BCUT2D eigenvalue weighted by Crippen LogP contribution is -2.35. The molecule has 7 nitrogen and oxygen atoms in total. The second-order valence-electron chi connectivity index (χ2n) is 6.14. The molecule has 3 N–H and O–H groups in total. The van der Waals surface area contributed by atoms with Gasteiger partial charge >= 0.3 is 5.97 Å². The van der Waals surface area contributed by atoms with Crippen molar-refractivity contribution >= 4 is 33.0 Å². The van der Waals surface area contributed by atoms with E-state index in [2.05, 4.69) is 4.98 Å². The van der Waals surface area contributed by atoms with Crippen LogP contribution >= 0.6 is 11.3 Å². The van der Waals surface area contributed by atoms with Crippen LogP contribution in [0.2, 0.25) is 0 Å². The van der Waals surface area contributed by atoms with Crippen LogP contribution in [0, 0.1) is 6.92 Å². The lowest BCUT2D eigenvalue weighted by Gasteiger charge is -2.34. The number of aromatic carboxylic acids is 1. The SMILES string of the molecule is Cc1csc(C2CCCN(c3ccc(S(N)(=O)=O)cc3C(=O)O)C2)n1. The van der Waals surface area contributed by atoms with Gasteiger partial charge in [0.25, 0.3) is 0 Å². The molecule has 2 aromatic rings. The minimum Gasteiger partial charge on any atom is -0.478 e. The lowest BCUT2D eigenvalue weighted by molar-refractivity contribution is 0.0697. The van der Waals surface area contributed by atoms with Gasteiger partial charge in [0.15, 0.2) is 0 Å². The average Bonchev–Trinajstić information content (AvgIpc) is 3.00. The fourth-order valence-electron chi connectivity index (χ4n) is 3.10. The van der Waals surface area contributed by atoms with E-state index < -0.39 is 16.0 Å². The van der Waals surface area contributed by atoms with E-state index in [4.69, 9.17) is 5.14 Å². The summed E-state index contributed by atoms with van der Waals surface area (Å²) < 4.78 is 23.0. The summed E-state index contributed by atoms with van der Waals surface area (Å²) in [5.74, 6) is -0.931. The van der Waals surface area contributed by atoms with Gasteiger partial charge in [0.2, 0.25) is 10.0 Å². The summed E-state index contributed by atoms with van der Waals surface area (Å²) in [6, 6.07) is 4.01. The standard InChI is InChI=1S/C16H19N3O4S2/c1-10-9-24-15(18-10)11-3-2-6-19(8-11)14-5-4-12(25(17,22)23)7-13(14)16(20)21/h4-5,7,9,11H,2-3,6,8H2,1H3,(H,20,21)(H2,17,22,23). The Morgan fingerprint density at radius 2 is 2.20 bits per heavy atom. The van der Waals surface area contributed by atoms with Crippen molar-refractivity contribution in [3.63, 3.8) is 0 Å². The molecule has 1 fully saturated rings. The van der Waals surface area contributed by atoms with E-state index in [1.807, 2.05) is 17.2 Å². The molecule has 0 radical (unpaired) electrons. The maximum Gasteiger partial charge on any atom is 0.337 e. The number of primary sulfonamides is 1. The van der Waals surface area contributed by atoms with Crippen molar-refractivity contribution in [2.24, 2.45) is 5.14 Å². The van der Waals surface area contributed by atoms with Gasteiger partial charge in [-0.05, 0) is 38.0 Å². The van der Waals surface area contributed by atoms with Gasteiger partial charge in [0.05, 0.1) is 21.2 Å². The molecule has 0 aliphatic carbocycles. The highest BCUT2D eigenvalue weighted by Crippen LogP contribution is 2.33. The van der Waals surface area contributed by atoms with Gasteiger partial charge in [0, 0.05) is 30.1 Å². The minimum absolute atomic E-state index is 0.0532. The Morgan fingerprint density at radius 1 is 1.44 bits per heavy atom. The number of carboxylic acids is 1. The molecule has 0 saturated carbocycles. The van der Waals surface area contributed by atoms with Crippen molar-refractivity contribution in [2.45, 2.75) is 30.6 Å². The highest BCUT2D eigenvalue weighted by Gasteiger charge is 2.27. The van der Waals surface area contributed by atoms with E-state index in [0.717, 1.165) is 36.2 Å². The molecule has 0 amide bonds. The van der Waals surface area contributed by atoms with Gasteiger partial charge in [-0.2, -0.15) is 0 Å². The van der Waals surface area contributed by atoms with Crippen LogP contribution in [0.15, 0.2) is 28.5 Å². The first-order chi connectivity index (χ1) is 11.8. The lowest BCUT2D eigenvalue weighted by atomic mass is 9.97. The minimum atomic E-state index is -3.95. The zero-order valence-corrected chi connectivity index (χ0v) is 15.3. The predicted molar refractivity (Wildman–Crippen MR) is 95.8 cm³/mol. The predicted octanol–water partition coefficient (Wildman–Crippen LogP) is 2.18. The Balaban J connectivity index is 1.93. The Morgan fingerprint density at radius 3 is 2.80 bits per heavy atom. The van der Waals surface area contributed by atoms with E-state index >= 15 is 0 Å². The summed E-state index contributed by atoms with van der Waals surface area (Å²) in [4.78, 5) is 18.0. The number of rotatable bonds is 4. The number of aromatic nitrogens is 1. The molecule has 1 saturated heterocycles. The number of piperidine rings is 1. The second-order valence-corrected chi connectivity index (χ2v) is 8.59. The molecule has 1 unspecified atom stereocenters.